The lowest BCUT2D eigenvalue weighted by atomic mass is 9.97. The van der Waals surface area contributed by atoms with E-state index in [1.54, 1.807) is 84.9 Å². The highest BCUT2D eigenvalue weighted by Gasteiger charge is 2.20. The Morgan fingerprint density at radius 3 is 1.85 bits per heavy atom. The SMILES string of the molecule is COc1cc(/C=C(/C(=O)NCCc2ccc(O)cc2)c2cc(/C=C/C(=O)NCCc3ccc(O)cc3)cc(OC)c2O)ccc1O. The third kappa shape index (κ3) is 9.06. The molecule has 0 aliphatic heterocycles. The van der Waals surface area contributed by atoms with E-state index in [9.17, 15) is 30.0 Å². The molecular weight excluding hydrogens is 588 g/mol. The van der Waals surface area contributed by atoms with Crippen LogP contribution in [0.5, 0.6) is 34.5 Å². The van der Waals surface area contributed by atoms with Gasteiger partial charge in [0, 0.05) is 24.7 Å². The van der Waals surface area contributed by atoms with Crippen molar-refractivity contribution in [2.24, 2.45) is 0 Å². The standard InChI is InChI=1S/C36H36N2O8/c1-45-32-21-25(7-13-31(32)41)20-30(36(44)38-18-16-24-5-11-28(40)12-6-24)29-19-26(22-33(46-2)35(29)43)8-14-34(42)37-17-15-23-3-9-27(39)10-4-23/h3-14,19-22,39-41,43H,15-18H2,1-2H3,(H,37,42)(H,38,44)/b14-8+,30-20+. The van der Waals surface area contributed by atoms with E-state index in [-0.39, 0.29) is 58.1 Å². The van der Waals surface area contributed by atoms with Crippen molar-refractivity contribution < 1.29 is 39.5 Å². The molecule has 4 aromatic carbocycles. The number of rotatable bonds is 13. The fraction of sp³-hybridized carbons (Fsp3) is 0.167. The first-order chi connectivity index (χ1) is 22.2. The zero-order valence-electron chi connectivity index (χ0n) is 25.5. The van der Waals surface area contributed by atoms with Gasteiger partial charge in [0.1, 0.15) is 11.5 Å². The molecule has 4 aromatic rings. The molecule has 0 aliphatic carbocycles. The summed E-state index contributed by atoms with van der Waals surface area (Å²) >= 11 is 0. The summed E-state index contributed by atoms with van der Waals surface area (Å²) in [5.74, 6) is -0.561. The van der Waals surface area contributed by atoms with Crippen molar-refractivity contribution in [2.45, 2.75) is 12.8 Å². The Bertz CT molecular complexity index is 1730. The molecule has 0 spiro atoms. The summed E-state index contributed by atoms with van der Waals surface area (Å²) in [6.45, 7) is 0.646. The third-order valence-corrected chi connectivity index (χ3v) is 7.08. The summed E-state index contributed by atoms with van der Waals surface area (Å²) in [7, 11) is 2.80. The van der Waals surface area contributed by atoms with E-state index >= 15 is 0 Å². The molecule has 0 radical (unpaired) electrons. The van der Waals surface area contributed by atoms with E-state index in [2.05, 4.69) is 10.6 Å². The molecule has 2 amide bonds. The molecule has 0 bridgehead atoms. The van der Waals surface area contributed by atoms with Gasteiger partial charge in [0.15, 0.2) is 23.0 Å². The van der Waals surface area contributed by atoms with Gasteiger partial charge in [-0.05, 0) is 95.8 Å². The van der Waals surface area contributed by atoms with Crippen molar-refractivity contribution in [1.29, 1.82) is 0 Å². The van der Waals surface area contributed by atoms with Crippen LogP contribution < -0.4 is 20.1 Å². The highest BCUT2D eigenvalue weighted by molar-refractivity contribution is 6.25. The number of hydrogen-bond acceptors (Lipinski definition) is 8. The van der Waals surface area contributed by atoms with Crippen molar-refractivity contribution >= 4 is 29.5 Å². The van der Waals surface area contributed by atoms with Crippen LogP contribution in [0.2, 0.25) is 0 Å². The summed E-state index contributed by atoms with van der Waals surface area (Å²) in [5, 5.41) is 45.9. The fourth-order valence-electron chi connectivity index (χ4n) is 4.60. The molecular formula is C36H36N2O8. The first-order valence-corrected chi connectivity index (χ1v) is 14.5. The van der Waals surface area contributed by atoms with Crippen LogP contribution in [0.25, 0.3) is 17.7 Å². The number of carbonyl (C=O) groups excluding carboxylic acids is 2. The first-order valence-electron chi connectivity index (χ1n) is 14.5. The quantitative estimate of drug-likeness (QED) is 0.0915. The summed E-state index contributed by atoms with van der Waals surface area (Å²) in [4.78, 5) is 26.2. The number of phenols is 4. The Kier molecular flexibility index (Phi) is 11.3. The van der Waals surface area contributed by atoms with Gasteiger partial charge in [0.2, 0.25) is 5.91 Å². The second-order valence-electron chi connectivity index (χ2n) is 10.3. The smallest absolute Gasteiger partial charge is 0.252 e. The maximum Gasteiger partial charge on any atom is 0.252 e. The minimum absolute atomic E-state index is 0.0717. The van der Waals surface area contributed by atoms with E-state index in [0.29, 0.717) is 30.5 Å². The molecule has 10 nitrogen and oxygen atoms in total. The van der Waals surface area contributed by atoms with Crippen molar-refractivity contribution in [3.05, 3.63) is 113 Å². The summed E-state index contributed by atoms with van der Waals surface area (Å²) < 4.78 is 10.6. The van der Waals surface area contributed by atoms with Gasteiger partial charge >= 0.3 is 0 Å². The van der Waals surface area contributed by atoms with E-state index in [1.165, 1.54) is 26.4 Å². The van der Waals surface area contributed by atoms with Crippen LogP contribution in [0, 0.1) is 0 Å². The number of nitrogens with one attached hydrogen (secondary N) is 2. The zero-order valence-corrected chi connectivity index (χ0v) is 25.5. The van der Waals surface area contributed by atoms with Crippen LogP contribution in [0.3, 0.4) is 0 Å². The molecule has 0 unspecified atom stereocenters. The molecule has 6 N–H and O–H groups in total. The number of carbonyl (C=O) groups is 2. The number of methoxy groups -OCH3 is 2. The minimum atomic E-state index is -0.490. The predicted octanol–water partition coefficient (Wildman–Crippen LogP) is 4.80. The molecule has 0 saturated carbocycles. The Morgan fingerprint density at radius 1 is 0.696 bits per heavy atom. The minimum Gasteiger partial charge on any atom is -0.508 e. The molecule has 0 saturated heterocycles. The normalized spacial score (nSPS) is 11.3. The zero-order chi connectivity index (χ0) is 33.1. The van der Waals surface area contributed by atoms with Gasteiger partial charge in [0.25, 0.3) is 5.91 Å². The van der Waals surface area contributed by atoms with Gasteiger partial charge in [-0.1, -0.05) is 30.3 Å². The maximum atomic E-state index is 13.6. The highest BCUT2D eigenvalue weighted by Crippen LogP contribution is 2.38. The number of phenolic OH excluding ortho intramolecular Hbond substituents is 4. The van der Waals surface area contributed by atoms with E-state index in [1.807, 2.05) is 0 Å². The third-order valence-electron chi connectivity index (χ3n) is 7.08. The number of ether oxygens (including phenoxy) is 2. The van der Waals surface area contributed by atoms with E-state index < -0.39 is 5.91 Å². The molecule has 0 atom stereocenters. The van der Waals surface area contributed by atoms with Crippen LogP contribution in [0.15, 0.2) is 84.9 Å². The second kappa shape index (κ2) is 15.7. The van der Waals surface area contributed by atoms with Crippen molar-refractivity contribution in [2.75, 3.05) is 27.3 Å². The number of amides is 2. The van der Waals surface area contributed by atoms with Crippen molar-refractivity contribution in [3.8, 4) is 34.5 Å². The van der Waals surface area contributed by atoms with Crippen LogP contribution in [0.4, 0.5) is 0 Å². The average Bonchev–Trinajstić information content (AvgIpc) is 3.05. The Morgan fingerprint density at radius 2 is 1.26 bits per heavy atom. The van der Waals surface area contributed by atoms with Gasteiger partial charge in [-0.2, -0.15) is 0 Å². The summed E-state index contributed by atoms with van der Waals surface area (Å²) in [5.41, 5.74) is 3.13. The number of aromatic hydroxyl groups is 4. The largest absolute Gasteiger partial charge is 0.508 e. The van der Waals surface area contributed by atoms with Gasteiger partial charge in [-0.15, -0.1) is 0 Å². The molecule has 0 aromatic heterocycles. The maximum absolute atomic E-state index is 13.6. The number of hydrogen-bond donors (Lipinski definition) is 6. The average molecular weight is 625 g/mol. The van der Waals surface area contributed by atoms with Crippen molar-refractivity contribution in [1.82, 2.24) is 10.6 Å². The van der Waals surface area contributed by atoms with Crippen LogP contribution >= 0.6 is 0 Å². The topological polar surface area (TPSA) is 158 Å². The molecule has 0 fully saturated rings. The lowest BCUT2D eigenvalue weighted by Gasteiger charge is -2.15. The van der Waals surface area contributed by atoms with Crippen molar-refractivity contribution in [3.63, 3.8) is 0 Å². The molecule has 238 valence electrons. The van der Waals surface area contributed by atoms with Gasteiger partial charge < -0.3 is 40.5 Å². The molecule has 0 aliphatic rings. The monoisotopic (exact) mass is 624 g/mol. The summed E-state index contributed by atoms with van der Waals surface area (Å²) in [6.07, 6.45) is 5.51. The van der Waals surface area contributed by atoms with Gasteiger partial charge in [-0.3, -0.25) is 9.59 Å². The van der Waals surface area contributed by atoms with E-state index in [4.69, 9.17) is 9.47 Å². The first kappa shape index (κ1) is 33.0. The lowest BCUT2D eigenvalue weighted by molar-refractivity contribution is -0.116. The Balaban J connectivity index is 1.60. The lowest BCUT2D eigenvalue weighted by Crippen LogP contribution is -2.26. The molecule has 0 heterocycles. The van der Waals surface area contributed by atoms with Gasteiger partial charge in [0.05, 0.1) is 19.8 Å². The second-order valence-corrected chi connectivity index (χ2v) is 10.3. The Hall–Kier alpha value is -5.90. The molecule has 46 heavy (non-hydrogen) atoms. The summed E-state index contributed by atoms with van der Waals surface area (Å²) in [6, 6.07) is 21.1. The predicted molar refractivity (Wildman–Crippen MR) is 176 cm³/mol. The molecule has 10 heteroatoms. The Labute approximate surface area is 266 Å². The van der Waals surface area contributed by atoms with Crippen LogP contribution in [-0.4, -0.2) is 59.5 Å². The molecule has 4 rings (SSSR count). The van der Waals surface area contributed by atoms with Crippen LogP contribution in [-0.2, 0) is 22.4 Å². The highest BCUT2D eigenvalue weighted by atomic mass is 16.5. The fourth-order valence-corrected chi connectivity index (χ4v) is 4.60. The van der Waals surface area contributed by atoms with Gasteiger partial charge in [-0.25, -0.2) is 0 Å². The van der Waals surface area contributed by atoms with E-state index in [0.717, 1.165) is 11.1 Å². The van der Waals surface area contributed by atoms with Crippen LogP contribution in [0.1, 0.15) is 27.8 Å². The number of benzene rings is 4.